The standard InChI is InChI=1S/C21H21N3O5S/c1-2-28-17-8-10-18(11-9-17)29-15-21(25)23-16-6-12-19(13-7-16)30(26,27)24-20-5-3-4-14-22-20/h3-14H,2,15H2,1H3,(H,22,24)(H,23,25). The van der Waals surface area contributed by atoms with Gasteiger partial charge in [0.1, 0.15) is 17.3 Å². The van der Waals surface area contributed by atoms with Crippen LogP contribution in [-0.4, -0.2) is 32.5 Å². The molecule has 0 bridgehead atoms. The molecule has 0 spiro atoms. The fourth-order valence-electron chi connectivity index (χ4n) is 2.48. The number of carbonyl (C=O) groups excluding carboxylic acids is 1. The average Bonchev–Trinajstić information content (AvgIpc) is 2.74. The van der Waals surface area contributed by atoms with Gasteiger partial charge in [0.25, 0.3) is 15.9 Å². The number of rotatable bonds is 9. The van der Waals surface area contributed by atoms with E-state index in [2.05, 4.69) is 15.0 Å². The normalized spacial score (nSPS) is 10.8. The Balaban J connectivity index is 1.54. The largest absolute Gasteiger partial charge is 0.494 e. The third-order valence-corrected chi connectivity index (χ3v) is 5.23. The maximum Gasteiger partial charge on any atom is 0.263 e. The second-order valence-corrected chi connectivity index (χ2v) is 7.77. The monoisotopic (exact) mass is 427 g/mol. The first-order valence-electron chi connectivity index (χ1n) is 9.16. The number of hydrogen-bond donors (Lipinski definition) is 2. The number of pyridine rings is 1. The third-order valence-electron chi connectivity index (χ3n) is 3.86. The maximum atomic E-state index is 12.4. The highest BCUT2D eigenvalue weighted by Crippen LogP contribution is 2.19. The molecule has 3 rings (SSSR count). The van der Waals surface area contributed by atoms with Crippen molar-refractivity contribution in [3.63, 3.8) is 0 Å². The van der Waals surface area contributed by atoms with Crippen molar-refractivity contribution >= 4 is 27.4 Å². The molecule has 30 heavy (non-hydrogen) atoms. The summed E-state index contributed by atoms with van der Waals surface area (Å²) in [6.07, 6.45) is 1.49. The zero-order valence-corrected chi connectivity index (χ0v) is 17.1. The molecule has 2 N–H and O–H groups in total. The minimum atomic E-state index is -3.77. The van der Waals surface area contributed by atoms with E-state index < -0.39 is 10.0 Å². The first-order chi connectivity index (χ1) is 14.5. The predicted octanol–water partition coefficient (Wildman–Crippen LogP) is 3.30. The van der Waals surface area contributed by atoms with Crippen LogP contribution in [0.3, 0.4) is 0 Å². The summed E-state index contributed by atoms with van der Waals surface area (Å²) in [5.41, 5.74) is 0.451. The van der Waals surface area contributed by atoms with E-state index in [9.17, 15) is 13.2 Å². The first kappa shape index (κ1) is 21.1. The number of anilines is 2. The Bertz CT molecular complexity index is 1070. The second-order valence-electron chi connectivity index (χ2n) is 6.09. The highest BCUT2D eigenvalue weighted by molar-refractivity contribution is 7.92. The van der Waals surface area contributed by atoms with E-state index in [1.165, 1.54) is 30.5 Å². The Morgan fingerprint density at radius 3 is 2.20 bits per heavy atom. The fraction of sp³-hybridized carbons (Fsp3) is 0.143. The third kappa shape index (κ3) is 5.95. The van der Waals surface area contributed by atoms with Crippen molar-refractivity contribution < 1.29 is 22.7 Å². The second kappa shape index (κ2) is 9.75. The van der Waals surface area contributed by atoms with Crippen molar-refractivity contribution in [1.29, 1.82) is 0 Å². The van der Waals surface area contributed by atoms with Crippen LogP contribution in [0.2, 0.25) is 0 Å². The van der Waals surface area contributed by atoms with Gasteiger partial charge in [-0.15, -0.1) is 0 Å². The van der Waals surface area contributed by atoms with Crippen molar-refractivity contribution in [2.45, 2.75) is 11.8 Å². The van der Waals surface area contributed by atoms with Crippen LogP contribution in [0.25, 0.3) is 0 Å². The molecule has 0 radical (unpaired) electrons. The van der Waals surface area contributed by atoms with Crippen LogP contribution in [0.1, 0.15) is 6.92 Å². The van der Waals surface area contributed by atoms with Gasteiger partial charge in [0.15, 0.2) is 6.61 Å². The van der Waals surface area contributed by atoms with Gasteiger partial charge in [-0.1, -0.05) is 6.07 Å². The molecule has 8 nitrogen and oxygen atoms in total. The SMILES string of the molecule is CCOc1ccc(OCC(=O)Nc2ccc(S(=O)(=O)Nc3ccccn3)cc2)cc1. The van der Waals surface area contributed by atoms with Crippen molar-refractivity contribution in [3.8, 4) is 11.5 Å². The highest BCUT2D eigenvalue weighted by Gasteiger charge is 2.15. The van der Waals surface area contributed by atoms with Crippen LogP contribution < -0.4 is 19.5 Å². The lowest BCUT2D eigenvalue weighted by atomic mass is 10.3. The molecule has 9 heteroatoms. The van der Waals surface area contributed by atoms with Gasteiger partial charge in [0.2, 0.25) is 0 Å². The van der Waals surface area contributed by atoms with Gasteiger partial charge in [0, 0.05) is 11.9 Å². The Hall–Kier alpha value is -3.59. The Kier molecular flexibility index (Phi) is 6.87. The molecule has 1 aromatic heterocycles. The molecule has 0 aliphatic heterocycles. The van der Waals surface area contributed by atoms with Gasteiger partial charge in [-0.3, -0.25) is 9.52 Å². The van der Waals surface area contributed by atoms with Crippen LogP contribution in [0.5, 0.6) is 11.5 Å². The van der Waals surface area contributed by atoms with Crippen molar-refractivity contribution in [3.05, 3.63) is 72.9 Å². The summed E-state index contributed by atoms with van der Waals surface area (Å²) in [4.78, 5) is 16.1. The summed E-state index contributed by atoms with van der Waals surface area (Å²) in [5, 5.41) is 2.66. The molecule has 0 atom stereocenters. The Morgan fingerprint density at radius 2 is 1.60 bits per heavy atom. The van der Waals surface area contributed by atoms with E-state index >= 15 is 0 Å². The minimum Gasteiger partial charge on any atom is -0.494 e. The molecule has 0 aliphatic rings. The summed E-state index contributed by atoms with van der Waals surface area (Å²) in [7, 11) is -3.77. The molecule has 0 fully saturated rings. The van der Waals surface area contributed by atoms with E-state index in [1.807, 2.05) is 6.92 Å². The number of carbonyl (C=O) groups is 1. The first-order valence-corrected chi connectivity index (χ1v) is 10.6. The molecular weight excluding hydrogens is 406 g/mol. The molecule has 0 unspecified atom stereocenters. The van der Waals surface area contributed by atoms with Gasteiger partial charge in [-0.05, 0) is 67.6 Å². The number of hydrogen-bond acceptors (Lipinski definition) is 6. The topological polar surface area (TPSA) is 107 Å². The smallest absolute Gasteiger partial charge is 0.263 e. The molecule has 3 aromatic rings. The molecular formula is C21H21N3O5S. The average molecular weight is 427 g/mol. The molecule has 156 valence electrons. The molecule has 1 amide bonds. The van der Waals surface area contributed by atoms with Gasteiger partial charge in [-0.2, -0.15) is 0 Å². The highest BCUT2D eigenvalue weighted by atomic mass is 32.2. The van der Waals surface area contributed by atoms with E-state index in [0.717, 1.165) is 5.75 Å². The zero-order valence-electron chi connectivity index (χ0n) is 16.2. The summed E-state index contributed by atoms with van der Waals surface area (Å²) in [6.45, 7) is 2.28. The quantitative estimate of drug-likeness (QED) is 0.543. The summed E-state index contributed by atoms with van der Waals surface area (Å²) < 4.78 is 38.0. The lowest BCUT2D eigenvalue weighted by Crippen LogP contribution is -2.20. The summed E-state index contributed by atoms with van der Waals surface area (Å²) in [5.74, 6) is 1.12. The summed E-state index contributed by atoms with van der Waals surface area (Å²) in [6, 6.07) is 17.7. The van der Waals surface area contributed by atoms with E-state index in [-0.39, 0.29) is 23.2 Å². The number of aromatic nitrogens is 1. The number of benzene rings is 2. The number of sulfonamides is 1. The molecule has 1 heterocycles. The van der Waals surface area contributed by atoms with Crippen LogP contribution in [0.15, 0.2) is 77.8 Å². The van der Waals surface area contributed by atoms with E-state index in [0.29, 0.717) is 18.0 Å². The van der Waals surface area contributed by atoms with Gasteiger partial charge in [-0.25, -0.2) is 13.4 Å². The van der Waals surface area contributed by atoms with Gasteiger partial charge in [0.05, 0.1) is 11.5 Å². The lowest BCUT2D eigenvalue weighted by Gasteiger charge is -2.10. The van der Waals surface area contributed by atoms with E-state index in [4.69, 9.17) is 9.47 Å². The summed E-state index contributed by atoms with van der Waals surface area (Å²) >= 11 is 0. The lowest BCUT2D eigenvalue weighted by molar-refractivity contribution is -0.118. The van der Waals surface area contributed by atoms with Crippen molar-refractivity contribution in [2.24, 2.45) is 0 Å². The molecule has 0 saturated heterocycles. The van der Waals surface area contributed by atoms with Crippen LogP contribution in [-0.2, 0) is 14.8 Å². The van der Waals surface area contributed by atoms with E-state index in [1.54, 1.807) is 42.5 Å². The zero-order chi connectivity index (χ0) is 21.4. The molecule has 0 aliphatic carbocycles. The predicted molar refractivity (Wildman–Crippen MR) is 113 cm³/mol. The Labute approximate surface area is 174 Å². The Morgan fingerprint density at radius 1 is 0.933 bits per heavy atom. The number of amides is 1. The molecule has 0 saturated carbocycles. The van der Waals surface area contributed by atoms with Gasteiger partial charge >= 0.3 is 0 Å². The van der Waals surface area contributed by atoms with Crippen LogP contribution in [0, 0.1) is 0 Å². The van der Waals surface area contributed by atoms with Crippen molar-refractivity contribution in [2.75, 3.05) is 23.3 Å². The minimum absolute atomic E-state index is 0.0526. The number of nitrogens with zero attached hydrogens (tertiary/aromatic N) is 1. The van der Waals surface area contributed by atoms with Crippen LogP contribution >= 0.6 is 0 Å². The number of ether oxygens (including phenoxy) is 2. The molecule has 2 aromatic carbocycles. The van der Waals surface area contributed by atoms with Crippen LogP contribution in [0.4, 0.5) is 11.5 Å². The number of nitrogens with one attached hydrogen (secondary N) is 2. The fourth-order valence-corrected chi connectivity index (χ4v) is 3.49. The maximum absolute atomic E-state index is 12.4. The van der Waals surface area contributed by atoms with Gasteiger partial charge < -0.3 is 14.8 Å². The van der Waals surface area contributed by atoms with Crippen molar-refractivity contribution in [1.82, 2.24) is 4.98 Å².